The molecule has 0 aliphatic heterocycles. The van der Waals surface area contributed by atoms with Gasteiger partial charge >= 0.3 is 0 Å². The van der Waals surface area contributed by atoms with Crippen LogP contribution >= 0.6 is 0 Å². The molecule has 40 heavy (non-hydrogen) atoms. The third kappa shape index (κ3) is 6.43. The zero-order valence-corrected chi connectivity index (χ0v) is 23.6. The van der Waals surface area contributed by atoms with E-state index in [1.807, 2.05) is 64.1 Å². The number of carbonyl (C=O) groups excluding carboxylic acids is 1. The molecule has 0 radical (unpaired) electrons. The Hall–Kier alpha value is -3.95. The summed E-state index contributed by atoms with van der Waals surface area (Å²) in [5.41, 5.74) is 8.39. The number of hydrogen-bond acceptors (Lipinski definition) is 7. The first-order valence-corrected chi connectivity index (χ1v) is 13.8. The Morgan fingerprint density at radius 2 is 1.75 bits per heavy atom. The average molecular weight is 543 g/mol. The monoisotopic (exact) mass is 542 g/mol. The minimum atomic E-state index is -0.656. The van der Waals surface area contributed by atoms with E-state index in [9.17, 15) is 4.79 Å². The number of rotatable bonds is 8. The number of amides is 1. The van der Waals surface area contributed by atoms with E-state index < -0.39 is 5.60 Å². The first-order chi connectivity index (χ1) is 19.2. The summed E-state index contributed by atoms with van der Waals surface area (Å²) in [6.07, 6.45) is 5.57. The quantitative estimate of drug-likeness (QED) is 0.276. The second kappa shape index (κ2) is 11.7. The Morgan fingerprint density at radius 1 is 1.05 bits per heavy atom. The highest BCUT2D eigenvalue weighted by molar-refractivity contribution is 6.05. The molecule has 0 bridgehead atoms. The van der Waals surface area contributed by atoms with Crippen LogP contribution in [0.25, 0.3) is 5.65 Å². The van der Waals surface area contributed by atoms with Gasteiger partial charge < -0.3 is 15.8 Å². The zero-order chi connectivity index (χ0) is 28.3. The molecule has 0 unspecified atom stereocenters. The number of fused-ring (bicyclic) bond motifs is 1. The summed E-state index contributed by atoms with van der Waals surface area (Å²) in [5, 5.41) is 9.44. The number of nitrogens with one attached hydrogen (secondary N) is 1. The summed E-state index contributed by atoms with van der Waals surface area (Å²) in [5.74, 6) is 1.58. The van der Waals surface area contributed by atoms with Gasteiger partial charge in [-0.2, -0.15) is 14.7 Å². The van der Waals surface area contributed by atoms with Crippen LogP contribution in [-0.2, 0) is 11.4 Å². The Labute approximate surface area is 235 Å². The van der Waals surface area contributed by atoms with Gasteiger partial charge in [0.15, 0.2) is 11.5 Å². The van der Waals surface area contributed by atoms with Gasteiger partial charge in [0, 0.05) is 29.3 Å². The van der Waals surface area contributed by atoms with Crippen molar-refractivity contribution in [1.29, 1.82) is 0 Å². The molecule has 5 rings (SSSR count). The summed E-state index contributed by atoms with van der Waals surface area (Å²) < 4.78 is 7.57. The number of hydrogen-bond donors (Lipinski definition) is 2. The second-order valence-corrected chi connectivity index (χ2v) is 11.4. The lowest BCUT2D eigenvalue weighted by atomic mass is 9.92. The molecule has 1 fully saturated rings. The molecule has 9 heteroatoms. The topological polar surface area (TPSA) is 107 Å². The molecule has 0 spiro atoms. The highest BCUT2D eigenvalue weighted by atomic mass is 16.7. The first-order valence-electron chi connectivity index (χ1n) is 13.8. The van der Waals surface area contributed by atoms with Crippen LogP contribution in [0.15, 0.2) is 66.9 Å². The summed E-state index contributed by atoms with van der Waals surface area (Å²) in [6.45, 7) is 8.12. The molecular weight excluding hydrogens is 504 g/mol. The lowest BCUT2D eigenvalue weighted by molar-refractivity contribution is -0.0173. The molecule has 210 valence electrons. The van der Waals surface area contributed by atoms with Gasteiger partial charge in [-0.15, -0.1) is 0 Å². The summed E-state index contributed by atoms with van der Waals surface area (Å²) in [7, 11) is 0. The zero-order valence-electron chi connectivity index (χ0n) is 23.6. The number of ether oxygens (including phenoxy) is 1. The predicted octanol–water partition coefficient (Wildman–Crippen LogP) is 5.68. The van der Waals surface area contributed by atoms with E-state index in [2.05, 4.69) is 10.4 Å². The maximum Gasteiger partial charge on any atom is 0.283 e. The van der Waals surface area contributed by atoms with Crippen LogP contribution in [-0.4, -0.2) is 38.2 Å². The van der Waals surface area contributed by atoms with E-state index >= 15 is 0 Å². The van der Waals surface area contributed by atoms with Crippen molar-refractivity contribution < 1.29 is 14.4 Å². The van der Waals surface area contributed by atoms with Gasteiger partial charge in [-0.25, -0.2) is 4.98 Å². The van der Waals surface area contributed by atoms with Crippen molar-refractivity contribution in [2.75, 3.05) is 10.4 Å². The Balaban J connectivity index is 1.45. The summed E-state index contributed by atoms with van der Waals surface area (Å²) in [6, 6.07) is 19.4. The average Bonchev–Trinajstić information content (AvgIpc) is 3.40. The van der Waals surface area contributed by atoms with Gasteiger partial charge in [0.1, 0.15) is 18.2 Å². The summed E-state index contributed by atoms with van der Waals surface area (Å²) >= 11 is 0. The number of aromatic nitrogens is 3. The number of hydroxylamine groups is 1. The molecular formula is C31H38N6O3. The fraction of sp³-hybridized carbons (Fsp3) is 0.387. The standard InChI is InChI=1S/C31H38N6O3/c1-21-28(34-25-14-12-24(32)13-15-25)35-27-18-19-33-36(27)29(21)37(40-31(2,3)4)30(38)23-10-16-26(17-11-23)39-20-22-8-6-5-7-9-22/h5-11,16-19,24-25H,12-15,20,32H2,1-4H3,(H,34,35). The summed E-state index contributed by atoms with van der Waals surface area (Å²) in [4.78, 5) is 25.2. The van der Waals surface area contributed by atoms with E-state index in [4.69, 9.17) is 20.3 Å². The smallest absolute Gasteiger partial charge is 0.283 e. The molecule has 4 aromatic rings. The third-order valence-electron chi connectivity index (χ3n) is 6.94. The predicted molar refractivity (Wildman–Crippen MR) is 156 cm³/mol. The second-order valence-electron chi connectivity index (χ2n) is 11.4. The number of anilines is 2. The van der Waals surface area contributed by atoms with Crippen LogP contribution in [0.5, 0.6) is 5.75 Å². The third-order valence-corrected chi connectivity index (χ3v) is 6.94. The van der Waals surface area contributed by atoms with E-state index in [0.717, 1.165) is 36.8 Å². The van der Waals surface area contributed by atoms with Crippen molar-refractivity contribution >= 4 is 23.2 Å². The van der Waals surface area contributed by atoms with Gasteiger partial charge in [0.2, 0.25) is 0 Å². The molecule has 0 atom stereocenters. The van der Waals surface area contributed by atoms with Crippen molar-refractivity contribution in [1.82, 2.24) is 14.6 Å². The lowest BCUT2D eigenvalue weighted by Gasteiger charge is -2.32. The van der Waals surface area contributed by atoms with Crippen LogP contribution in [0, 0.1) is 6.92 Å². The molecule has 1 amide bonds. The largest absolute Gasteiger partial charge is 0.489 e. The van der Waals surface area contributed by atoms with Gasteiger partial charge in [-0.1, -0.05) is 30.3 Å². The van der Waals surface area contributed by atoms with Crippen LogP contribution < -0.4 is 20.9 Å². The molecule has 9 nitrogen and oxygen atoms in total. The maximum atomic E-state index is 14.0. The SMILES string of the molecule is Cc1c(NC2CCC(N)CC2)nc2ccnn2c1N(OC(C)(C)C)C(=O)c1ccc(OCc2ccccc2)cc1. The molecule has 1 aliphatic carbocycles. The van der Waals surface area contributed by atoms with Crippen molar-refractivity contribution in [3.63, 3.8) is 0 Å². The van der Waals surface area contributed by atoms with Crippen LogP contribution in [0.3, 0.4) is 0 Å². The molecule has 0 saturated heterocycles. The normalized spacial score (nSPS) is 17.5. The van der Waals surface area contributed by atoms with Gasteiger partial charge in [-0.3, -0.25) is 9.63 Å². The van der Waals surface area contributed by atoms with Crippen molar-refractivity contribution in [3.05, 3.63) is 83.6 Å². The van der Waals surface area contributed by atoms with Crippen LogP contribution in [0.4, 0.5) is 11.6 Å². The molecule has 2 aromatic carbocycles. The highest BCUT2D eigenvalue weighted by Gasteiger charge is 2.31. The molecule has 1 saturated carbocycles. The van der Waals surface area contributed by atoms with Gasteiger partial charge in [-0.05, 0) is 83.2 Å². The van der Waals surface area contributed by atoms with E-state index in [1.54, 1.807) is 35.0 Å². The minimum absolute atomic E-state index is 0.253. The van der Waals surface area contributed by atoms with E-state index in [1.165, 1.54) is 5.06 Å². The van der Waals surface area contributed by atoms with Crippen LogP contribution in [0.1, 0.15) is 67.9 Å². The van der Waals surface area contributed by atoms with Crippen molar-refractivity contribution in [2.45, 2.75) is 77.7 Å². The number of carbonyl (C=O) groups is 1. The molecule has 3 N–H and O–H groups in total. The lowest BCUT2D eigenvalue weighted by Crippen LogP contribution is -2.40. The van der Waals surface area contributed by atoms with Crippen LogP contribution in [0.2, 0.25) is 0 Å². The molecule has 2 heterocycles. The number of nitrogens with two attached hydrogens (primary N) is 1. The fourth-order valence-electron chi connectivity index (χ4n) is 4.85. The Bertz CT molecular complexity index is 1440. The first kappa shape index (κ1) is 27.6. The van der Waals surface area contributed by atoms with Gasteiger partial charge in [0.05, 0.1) is 11.8 Å². The van der Waals surface area contributed by atoms with Gasteiger partial charge in [0.25, 0.3) is 5.91 Å². The van der Waals surface area contributed by atoms with Crippen molar-refractivity contribution in [2.24, 2.45) is 5.73 Å². The number of benzene rings is 2. The maximum absolute atomic E-state index is 14.0. The fourth-order valence-corrected chi connectivity index (χ4v) is 4.85. The van der Waals surface area contributed by atoms with Crippen molar-refractivity contribution in [3.8, 4) is 5.75 Å². The van der Waals surface area contributed by atoms with E-state index in [0.29, 0.717) is 35.2 Å². The molecule has 1 aliphatic rings. The Morgan fingerprint density at radius 3 is 2.42 bits per heavy atom. The number of nitrogens with zero attached hydrogens (tertiary/aromatic N) is 4. The molecule has 2 aromatic heterocycles. The highest BCUT2D eigenvalue weighted by Crippen LogP contribution is 2.32. The Kier molecular flexibility index (Phi) is 8.04. The van der Waals surface area contributed by atoms with E-state index in [-0.39, 0.29) is 18.0 Å². The minimum Gasteiger partial charge on any atom is -0.489 e.